The van der Waals surface area contributed by atoms with Crippen molar-refractivity contribution in [3.8, 4) is 0 Å². The van der Waals surface area contributed by atoms with Crippen LogP contribution in [-0.2, 0) is 4.74 Å². The zero-order valence-electron chi connectivity index (χ0n) is 8.91. The summed E-state index contributed by atoms with van der Waals surface area (Å²) >= 11 is 9.31. The molecule has 0 aliphatic heterocycles. The Hall–Kier alpha value is -1.20. The van der Waals surface area contributed by atoms with Gasteiger partial charge in [-0.3, -0.25) is 0 Å². The van der Waals surface area contributed by atoms with E-state index in [-0.39, 0.29) is 17.6 Å². The third-order valence-electron chi connectivity index (χ3n) is 2.07. The van der Waals surface area contributed by atoms with Crippen LogP contribution in [0, 0.1) is 0 Å². The molecule has 0 saturated carbocycles. The van der Waals surface area contributed by atoms with Crippen molar-refractivity contribution >= 4 is 44.4 Å². The highest BCUT2D eigenvalue weighted by atomic mass is 79.9. The van der Waals surface area contributed by atoms with Crippen LogP contribution in [0.4, 0.5) is 0 Å². The van der Waals surface area contributed by atoms with Crippen molar-refractivity contribution < 1.29 is 9.53 Å². The first kappa shape index (κ1) is 12.3. The number of aromatic nitrogens is 2. The molecule has 0 fully saturated rings. The molecule has 0 aliphatic carbocycles. The second-order valence-electron chi connectivity index (χ2n) is 3.22. The molecule has 0 spiro atoms. The number of carbonyl (C=O) groups is 1. The lowest BCUT2D eigenvalue weighted by Crippen LogP contribution is -2.10. The summed E-state index contributed by atoms with van der Waals surface area (Å²) in [5.41, 5.74) is 0.599. The monoisotopic (exact) mass is 314 g/mol. The maximum Gasteiger partial charge on any atom is 0.376 e. The molecule has 6 heteroatoms. The molecule has 0 saturated heterocycles. The van der Waals surface area contributed by atoms with Crippen molar-refractivity contribution in [2.75, 3.05) is 6.61 Å². The molecule has 1 heterocycles. The third kappa shape index (κ3) is 2.56. The highest BCUT2D eigenvalue weighted by Crippen LogP contribution is 2.23. The van der Waals surface area contributed by atoms with Gasteiger partial charge in [0, 0.05) is 9.86 Å². The first-order valence-electron chi connectivity index (χ1n) is 4.91. The molecule has 0 N–H and O–H groups in total. The van der Waals surface area contributed by atoms with Gasteiger partial charge in [-0.1, -0.05) is 27.5 Å². The van der Waals surface area contributed by atoms with Crippen LogP contribution >= 0.6 is 27.5 Å². The molecule has 0 amide bonds. The van der Waals surface area contributed by atoms with Crippen molar-refractivity contribution in [2.45, 2.75) is 6.92 Å². The van der Waals surface area contributed by atoms with Crippen LogP contribution in [0.15, 0.2) is 22.7 Å². The summed E-state index contributed by atoms with van der Waals surface area (Å²) in [7, 11) is 0. The highest BCUT2D eigenvalue weighted by molar-refractivity contribution is 9.10. The van der Waals surface area contributed by atoms with Crippen LogP contribution < -0.4 is 0 Å². The topological polar surface area (TPSA) is 52.1 Å². The van der Waals surface area contributed by atoms with Gasteiger partial charge in [-0.15, -0.1) is 0 Å². The van der Waals surface area contributed by atoms with E-state index >= 15 is 0 Å². The Morgan fingerprint density at radius 2 is 2.24 bits per heavy atom. The van der Waals surface area contributed by atoms with Crippen LogP contribution in [0.1, 0.15) is 17.5 Å². The molecular weight excluding hydrogens is 307 g/mol. The Morgan fingerprint density at radius 1 is 1.47 bits per heavy atom. The van der Waals surface area contributed by atoms with E-state index < -0.39 is 5.97 Å². The fraction of sp³-hybridized carbons (Fsp3) is 0.182. The first-order valence-corrected chi connectivity index (χ1v) is 6.09. The maximum absolute atomic E-state index is 11.5. The molecule has 0 atom stereocenters. The van der Waals surface area contributed by atoms with Gasteiger partial charge in [0.15, 0.2) is 0 Å². The minimum absolute atomic E-state index is 0.0255. The molecule has 17 heavy (non-hydrogen) atoms. The second-order valence-corrected chi connectivity index (χ2v) is 4.49. The number of fused-ring (bicyclic) bond motifs is 1. The quantitative estimate of drug-likeness (QED) is 0.631. The van der Waals surface area contributed by atoms with Crippen LogP contribution in [0.25, 0.3) is 10.9 Å². The summed E-state index contributed by atoms with van der Waals surface area (Å²) in [6, 6.07) is 5.39. The molecule has 2 aromatic rings. The van der Waals surface area contributed by atoms with Crippen LogP contribution in [0.3, 0.4) is 0 Å². The number of ether oxygens (including phenoxy) is 1. The van der Waals surface area contributed by atoms with Gasteiger partial charge in [-0.05, 0) is 25.1 Å². The van der Waals surface area contributed by atoms with Gasteiger partial charge in [0.25, 0.3) is 0 Å². The number of nitrogens with zero attached hydrogens (tertiary/aromatic N) is 2. The number of carbonyl (C=O) groups excluding carboxylic acids is 1. The Labute approximate surface area is 111 Å². The average molecular weight is 316 g/mol. The normalized spacial score (nSPS) is 10.5. The van der Waals surface area contributed by atoms with E-state index in [1.165, 1.54) is 0 Å². The molecule has 0 unspecified atom stereocenters. The zero-order chi connectivity index (χ0) is 12.4. The minimum atomic E-state index is -0.573. The van der Waals surface area contributed by atoms with E-state index in [1.807, 2.05) is 6.07 Å². The van der Waals surface area contributed by atoms with Crippen LogP contribution in [0.5, 0.6) is 0 Å². The van der Waals surface area contributed by atoms with Gasteiger partial charge in [0.2, 0.25) is 5.82 Å². The lowest BCUT2D eigenvalue weighted by atomic mass is 10.2. The van der Waals surface area contributed by atoms with Gasteiger partial charge in [0.05, 0.1) is 12.1 Å². The number of hydrogen-bond acceptors (Lipinski definition) is 4. The summed E-state index contributed by atoms with van der Waals surface area (Å²) in [4.78, 5) is 19.5. The summed E-state index contributed by atoms with van der Waals surface area (Å²) in [6.45, 7) is 1.99. The van der Waals surface area contributed by atoms with E-state index in [0.29, 0.717) is 10.9 Å². The standard InChI is InChI=1S/C11H8BrClN2O2/c1-2-17-11(16)10-14-8-5-6(12)3-4-7(8)9(13)15-10/h3-5H,2H2,1H3. The SMILES string of the molecule is CCOC(=O)c1nc(Cl)c2ccc(Br)cc2n1. The summed E-state index contributed by atoms with van der Waals surface area (Å²) < 4.78 is 5.68. The smallest absolute Gasteiger partial charge is 0.376 e. The van der Waals surface area contributed by atoms with Gasteiger partial charge in [0.1, 0.15) is 5.15 Å². The fourth-order valence-corrected chi connectivity index (χ4v) is 1.94. The number of halogens is 2. The molecule has 0 radical (unpaired) electrons. The summed E-state index contributed by atoms with van der Waals surface area (Å²) in [5.74, 6) is -0.598. The molecule has 1 aromatic heterocycles. The number of benzene rings is 1. The zero-order valence-corrected chi connectivity index (χ0v) is 11.2. The molecule has 4 nitrogen and oxygen atoms in total. The van der Waals surface area contributed by atoms with Crippen molar-refractivity contribution in [1.82, 2.24) is 9.97 Å². The average Bonchev–Trinajstić information content (AvgIpc) is 2.28. The summed E-state index contributed by atoms with van der Waals surface area (Å²) in [6.07, 6.45) is 0. The lowest BCUT2D eigenvalue weighted by molar-refractivity contribution is 0.0512. The fourth-order valence-electron chi connectivity index (χ4n) is 1.35. The van der Waals surface area contributed by atoms with Crippen LogP contribution in [-0.4, -0.2) is 22.5 Å². The van der Waals surface area contributed by atoms with Gasteiger partial charge in [-0.2, -0.15) is 0 Å². The molecule has 0 aliphatic rings. The molecule has 0 bridgehead atoms. The second kappa shape index (κ2) is 4.98. The Morgan fingerprint density at radius 3 is 2.94 bits per heavy atom. The van der Waals surface area contributed by atoms with Gasteiger partial charge >= 0.3 is 5.97 Å². The Bertz CT molecular complexity index is 589. The lowest BCUT2D eigenvalue weighted by Gasteiger charge is -2.04. The van der Waals surface area contributed by atoms with Gasteiger partial charge < -0.3 is 4.74 Å². The van der Waals surface area contributed by atoms with E-state index in [4.69, 9.17) is 16.3 Å². The third-order valence-corrected chi connectivity index (χ3v) is 2.85. The van der Waals surface area contributed by atoms with E-state index in [0.717, 1.165) is 4.47 Å². The van der Waals surface area contributed by atoms with Crippen molar-refractivity contribution in [1.29, 1.82) is 0 Å². The summed E-state index contributed by atoms with van der Waals surface area (Å²) in [5, 5.41) is 0.938. The van der Waals surface area contributed by atoms with E-state index in [1.54, 1.807) is 19.1 Å². The van der Waals surface area contributed by atoms with Crippen molar-refractivity contribution in [3.63, 3.8) is 0 Å². The highest BCUT2D eigenvalue weighted by Gasteiger charge is 2.14. The Kier molecular flexibility index (Phi) is 3.59. The van der Waals surface area contributed by atoms with E-state index in [9.17, 15) is 4.79 Å². The number of esters is 1. The van der Waals surface area contributed by atoms with Crippen molar-refractivity contribution in [3.05, 3.63) is 33.6 Å². The first-order chi connectivity index (χ1) is 8.11. The van der Waals surface area contributed by atoms with Crippen molar-refractivity contribution in [2.24, 2.45) is 0 Å². The molecule has 2 rings (SSSR count). The van der Waals surface area contributed by atoms with Crippen LogP contribution in [0.2, 0.25) is 5.15 Å². The Balaban J connectivity index is 2.57. The molecule has 1 aromatic carbocycles. The maximum atomic E-state index is 11.5. The molecule has 88 valence electrons. The van der Waals surface area contributed by atoms with Gasteiger partial charge in [-0.25, -0.2) is 14.8 Å². The minimum Gasteiger partial charge on any atom is -0.460 e. The van der Waals surface area contributed by atoms with E-state index in [2.05, 4.69) is 25.9 Å². The molecular formula is C11H8BrClN2O2. The number of hydrogen-bond donors (Lipinski definition) is 0. The largest absolute Gasteiger partial charge is 0.460 e. The predicted molar refractivity (Wildman–Crippen MR) is 68.2 cm³/mol. The predicted octanol–water partition coefficient (Wildman–Crippen LogP) is 3.22. The number of rotatable bonds is 2.